The first-order valence-electron chi connectivity index (χ1n) is 8.11. The van der Waals surface area contributed by atoms with Gasteiger partial charge in [-0.2, -0.15) is 4.68 Å². The number of hydrogen-bond donors (Lipinski definition) is 1. The number of hydrogen-bond acceptors (Lipinski definition) is 5. The summed E-state index contributed by atoms with van der Waals surface area (Å²) in [4.78, 5) is 12.5. The van der Waals surface area contributed by atoms with Crippen molar-refractivity contribution in [2.24, 2.45) is 0 Å². The highest BCUT2D eigenvalue weighted by molar-refractivity contribution is 8.00. The molecule has 2 atom stereocenters. The van der Waals surface area contributed by atoms with Crippen LogP contribution in [0.5, 0.6) is 0 Å². The van der Waals surface area contributed by atoms with E-state index in [2.05, 4.69) is 20.8 Å². The molecule has 0 unspecified atom stereocenters. The summed E-state index contributed by atoms with van der Waals surface area (Å²) >= 11 is 1.27. The van der Waals surface area contributed by atoms with Crippen molar-refractivity contribution in [3.63, 3.8) is 0 Å². The SMILES string of the molecule is C[C@H](Sc1nnnn1-c1ccccc1)C(=O)N[C@H](C)c1ccc(F)cc1. The van der Waals surface area contributed by atoms with Crippen LogP contribution >= 0.6 is 11.8 Å². The van der Waals surface area contributed by atoms with E-state index < -0.39 is 5.25 Å². The molecule has 6 nitrogen and oxygen atoms in total. The minimum Gasteiger partial charge on any atom is -0.349 e. The number of rotatable bonds is 6. The van der Waals surface area contributed by atoms with Crippen molar-refractivity contribution in [1.29, 1.82) is 0 Å². The van der Waals surface area contributed by atoms with Gasteiger partial charge in [0.05, 0.1) is 17.0 Å². The lowest BCUT2D eigenvalue weighted by Gasteiger charge is -2.17. The van der Waals surface area contributed by atoms with Crippen LogP contribution in [0.3, 0.4) is 0 Å². The second kappa shape index (κ2) is 8.09. The minimum absolute atomic E-state index is 0.144. The molecule has 0 aliphatic heterocycles. The molecule has 0 radical (unpaired) electrons. The molecule has 0 bridgehead atoms. The van der Waals surface area contributed by atoms with Crippen molar-refractivity contribution in [2.75, 3.05) is 0 Å². The van der Waals surface area contributed by atoms with Crippen LogP contribution in [0.25, 0.3) is 5.69 Å². The van der Waals surface area contributed by atoms with Crippen LogP contribution in [-0.4, -0.2) is 31.4 Å². The molecule has 0 spiro atoms. The molecule has 0 aliphatic carbocycles. The maximum Gasteiger partial charge on any atom is 0.233 e. The first kappa shape index (κ1) is 18.1. The maximum atomic E-state index is 13.0. The molecule has 1 amide bonds. The molecule has 134 valence electrons. The number of amides is 1. The van der Waals surface area contributed by atoms with E-state index in [1.54, 1.807) is 23.7 Å². The first-order valence-corrected chi connectivity index (χ1v) is 8.99. The zero-order valence-corrected chi connectivity index (χ0v) is 15.2. The van der Waals surface area contributed by atoms with Crippen LogP contribution in [0.15, 0.2) is 59.8 Å². The number of carbonyl (C=O) groups is 1. The molecule has 0 saturated heterocycles. The van der Waals surface area contributed by atoms with Gasteiger partial charge in [0.15, 0.2) is 0 Å². The van der Waals surface area contributed by atoms with Crippen molar-refractivity contribution in [3.05, 3.63) is 66.0 Å². The van der Waals surface area contributed by atoms with Crippen molar-refractivity contribution < 1.29 is 9.18 Å². The molecule has 0 aliphatic rings. The third-order valence-electron chi connectivity index (χ3n) is 3.82. The van der Waals surface area contributed by atoms with Gasteiger partial charge in [0.2, 0.25) is 11.1 Å². The molecular weight excluding hydrogens is 353 g/mol. The molecule has 3 aromatic rings. The Labute approximate surface area is 154 Å². The lowest BCUT2D eigenvalue weighted by Crippen LogP contribution is -2.33. The second-order valence-electron chi connectivity index (χ2n) is 5.75. The van der Waals surface area contributed by atoms with Gasteiger partial charge in [-0.25, -0.2) is 4.39 Å². The summed E-state index contributed by atoms with van der Waals surface area (Å²) in [6.07, 6.45) is 0. The predicted molar refractivity (Wildman–Crippen MR) is 97.4 cm³/mol. The number of para-hydroxylation sites is 1. The van der Waals surface area contributed by atoms with E-state index in [9.17, 15) is 9.18 Å². The maximum absolute atomic E-state index is 13.0. The number of carbonyl (C=O) groups excluding carboxylic acids is 1. The number of halogens is 1. The van der Waals surface area contributed by atoms with Gasteiger partial charge in [-0.15, -0.1) is 5.10 Å². The third-order valence-corrected chi connectivity index (χ3v) is 4.85. The van der Waals surface area contributed by atoms with Crippen LogP contribution < -0.4 is 5.32 Å². The third kappa shape index (κ3) is 4.26. The van der Waals surface area contributed by atoms with E-state index in [0.717, 1.165) is 11.3 Å². The Kier molecular flexibility index (Phi) is 5.62. The average Bonchev–Trinajstić information content (AvgIpc) is 3.11. The van der Waals surface area contributed by atoms with Gasteiger partial charge in [0, 0.05) is 0 Å². The zero-order valence-electron chi connectivity index (χ0n) is 14.3. The van der Waals surface area contributed by atoms with Crippen molar-refractivity contribution in [1.82, 2.24) is 25.5 Å². The number of thioether (sulfide) groups is 1. The Morgan fingerprint density at radius 2 is 1.81 bits per heavy atom. The van der Waals surface area contributed by atoms with Crippen LogP contribution in [0.1, 0.15) is 25.5 Å². The lowest BCUT2D eigenvalue weighted by molar-refractivity contribution is -0.120. The quantitative estimate of drug-likeness (QED) is 0.674. The van der Waals surface area contributed by atoms with E-state index >= 15 is 0 Å². The van der Waals surface area contributed by atoms with E-state index in [0.29, 0.717) is 5.16 Å². The van der Waals surface area contributed by atoms with Crippen LogP contribution in [-0.2, 0) is 4.79 Å². The average molecular weight is 371 g/mol. The lowest BCUT2D eigenvalue weighted by atomic mass is 10.1. The molecule has 1 heterocycles. The summed E-state index contributed by atoms with van der Waals surface area (Å²) in [6, 6.07) is 15.3. The highest BCUT2D eigenvalue weighted by atomic mass is 32.2. The Bertz CT molecular complexity index is 869. The molecule has 1 N–H and O–H groups in total. The number of nitrogens with zero attached hydrogens (tertiary/aromatic N) is 4. The van der Waals surface area contributed by atoms with Crippen molar-refractivity contribution in [3.8, 4) is 5.69 Å². The Morgan fingerprint density at radius 1 is 1.12 bits per heavy atom. The summed E-state index contributed by atoms with van der Waals surface area (Å²) in [6.45, 7) is 3.65. The standard InChI is InChI=1S/C18H18FN5OS/c1-12(14-8-10-15(19)11-9-14)20-17(25)13(2)26-18-21-22-23-24(18)16-6-4-3-5-7-16/h3-13H,1-2H3,(H,20,25)/t12-,13+/m1/s1. The minimum atomic E-state index is -0.397. The first-order chi connectivity index (χ1) is 12.5. The normalized spacial score (nSPS) is 13.2. The Hall–Kier alpha value is -2.74. The highest BCUT2D eigenvalue weighted by Crippen LogP contribution is 2.23. The highest BCUT2D eigenvalue weighted by Gasteiger charge is 2.21. The summed E-state index contributed by atoms with van der Waals surface area (Å²) in [5.41, 5.74) is 1.67. The molecule has 3 rings (SSSR count). The Morgan fingerprint density at radius 3 is 2.50 bits per heavy atom. The van der Waals surface area contributed by atoms with E-state index in [1.165, 1.54) is 23.9 Å². The predicted octanol–water partition coefficient (Wildman–Crippen LogP) is 3.16. The number of nitrogens with one attached hydrogen (secondary N) is 1. The van der Waals surface area contributed by atoms with E-state index in [1.807, 2.05) is 37.3 Å². The van der Waals surface area contributed by atoms with Crippen molar-refractivity contribution >= 4 is 17.7 Å². The van der Waals surface area contributed by atoms with Gasteiger partial charge in [-0.05, 0) is 54.1 Å². The molecule has 0 fully saturated rings. The summed E-state index contributed by atoms with van der Waals surface area (Å²) in [7, 11) is 0. The summed E-state index contributed by atoms with van der Waals surface area (Å²) < 4.78 is 14.6. The van der Waals surface area contributed by atoms with Crippen molar-refractivity contribution in [2.45, 2.75) is 30.3 Å². The Balaban J connectivity index is 1.65. The van der Waals surface area contributed by atoms with Crippen LogP contribution in [0.4, 0.5) is 4.39 Å². The van der Waals surface area contributed by atoms with Gasteiger partial charge < -0.3 is 5.32 Å². The second-order valence-corrected chi connectivity index (χ2v) is 7.06. The molecule has 8 heteroatoms. The van der Waals surface area contributed by atoms with Gasteiger partial charge in [-0.3, -0.25) is 4.79 Å². The summed E-state index contributed by atoms with van der Waals surface area (Å²) in [5, 5.41) is 14.8. The fraction of sp³-hybridized carbons (Fsp3) is 0.222. The van der Waals surface area contributed by atoms with Crippen LogP contribution in [0.2, 0.25) is 0 Å². The topological polar surface area (TPSA) is 72.7 Å². The van der Waals surface area contributed by atoms with Gasteiger partial charge >= 0.3 is 0 Å². The van der Waals surface area contributed by atoms with Gasteiger partial charge in [-0.1, -0.05) is 42.1 Å². The fourth-order valence-electron chi connectivity index (χ4n) is 2.36. The van der Waals surface area contributed by atoms with Gasteiger partial charge in [0.25, 0.3) is 0 Å². The fourth-order valence-corrected chi connectivity index (χ4v) is 3.18. The smallest absolute Gasteiger partial charge is 0.233 e. The number of benzene rings is 2. The molecular formula is C18H18FN5OS. The monoisotopic (exact) mass is 371 g/mol. The summed E-state index contributed by atoms with van der Waals surface area (Å²) in [5.74, 6) is -0.446. The van der Waals surface area contributed by atoms with Crippen LogP contribution in [0, 0.1) is 5.82 Å². The van der Waals surface area contributed by atoms with Gasteiger partial charge in [0.1, 0.15) is 5.82 Å². The number of tetrazole rings is 1. The largest absolute Gasteiger partial charge is 0.349 e. The number of aromatic nitrogens is 4. The molecule has 2 aromatic carbocycles. The molecule has 1 aromatic heterocycles. The van der Waals surface area contributed by atoms with E-state index in [-0.39, 0.29) is 17.8 Å². The zero-order chi connectivity index (χ0) is 18.5. The molecule has 0 saturated carbocycles. The van der Waals surface area contributed by atoms with E-state index in [4.69, 9.17) is 0 Å². The molecule has 26 heavy (non-hydrogen) atoms.